The molecule has 8 nitrogen and oxygen atoms in total. The Balaban J connectivity index is 1.56. The molecule has 0 spiro atoms. The number of urea groups is 1. The van der Waals surface area contributed by atoms with Gasteiger partial charge in [0.15, 0.2) is 5.16 Å². The summed E-state index contributed by atoms with van der Waals surface area (Å²) in [6.07, 6.45) is 4.40. The summed E-state index contributed by atoms with van der Waals surface area (Å²) in [6, 6.07) is 5.09. The molecule has 1 heterocycles. The third-order valence-electron chi connectivity index (χ3n) is 5.04. The number of esters is 1. The third kappa shape index (κ3) is 5.53. The monoisotopic (exact) mass is 432 g/mol. The van der Waals surface area contributed by atoms with Crippen molar-refractivity contribution in [2.45, 2.75) is 63.7 Å². The van der Waals surface area contributed by atoms with Crippen molar-refractivity contribution in [3.63, 3.8) is 0 Å². The lowest BCUT2D eigenvalue weighted by molar-refractivity contribution is -0.119. The van der Waals surface area contributed by atoms with Gasteiger partial charge >= 0.3 is 12.0 Å². The van der Waals surface area contributed by atoms with Crippen LogP contribution in [0.5, 0.6) is 0 Å². The van der Waals surface area contributed by atoms with E-state index in [1.165, 1.54) is 11.8 Å². The molecule has 30 heavy (non-hydrogen) atoms. The number of rotatable bonds is 8. The number of aromatic nitrogens is 2. The lowest BCUT2D eigenvalue weighted by atomic mass is 10.2. The van der Waals surface area contributed by atoms with Crippen molar-refractivity contribution in [3.05, 3.63) is 23.8 Å². The predicted molar refractivity (Wildman–Crippen MR) is 116 cm³/mol. The molecule has 0 bridgehead atoms. The normalized spacial score (nSPS) is 14.1. The molecule has 0 aliphatic heterocycles. The van der Waals surface area contributed by atoms with Crippen LogP contribution in [0.1, 0.15) is 56.3 Å². The second-order valence-electron chi connectivity index (χ2n) is 7.16. The topological polar surface area (TPSA) is 102 Å². The van der Waals surface area contributed by atoms with Crippen molar-refractivity contribution in [3.8, 4) is 0 Å². The molecular formula is C21H28N4O4S. The molecule has 3 rings (SSSR count). The van der Waals surface area contributed by atoms with Crippen molar-refractivity contribution in [1.29, 1.82) is 0 Å². The zero-order chi connectivity index (χ0) is 21.5. The van der Waals surface area contributed by atoms with Crippen molar-refractivity contribution in [2.24, 2.45) is 0 Å². The number of imide groups is 1. The summed E-state index contributed by atoms with van der Waals surface area (Å²) in [4.78, 5) is 40.5. The van der Waals surface area contributed by atoms with E-state index in [1.54, 1.807) is 19.1 Å². The number of thioether (sulfide) groups is 1. The minimum atomic E-state index is -0.413. The number of hydrogen-bond donors (Lipinski definition) is 2. The van der Waals surface area contributed by atoms with Crippen molar-refractivity contribution in [2.75, 3.05) is 12.4 Å². The number of nitrogens with one attached hydrogen (secondary N) is 2. The number of carbonyl (C=O) groups is 3. The minimum Gasteiger partial charge on any atom is -0.462 e. The number of ether oxygens (including phenoxy) is 1. The van der Waals surface area contributed by atoms with Gasteiger partial charge in [-0.2, -0.15) is 0 Å². The highest BCUT2D eigenvalue weighted by Crippen LogP contribution is 2.25. The van der Waals surface area contributed by atoms with E-state index in [9.17, 15) is 14.4 Å². The Morgan fingerprint density at radius 2 is 2.00 bits per heavy atom. The number of amides is 3. The molecule has 2 N–H and O–H groups in total. The smallest absolute Gasteiger partial charge is 0.338 e. The second-order valence-corrected chi connectivity index (χ2v) is 8.23. The van der Waals surface area contributed by atoms with Crippen LogP contribution in [0.3, 0.4) is 0 Å². The molecular weight excluding hydrogens is 404 g/mol. The van der Waals surface area contributed by atoms with Crippen LogP contribution in [0.15, 0.2) is 23.4 Å². The average Bonchev–Trinajstić information content (AvgIpc) is 3.34. The van der Waals surface area contributed by atoms with E-state index in [0.29, 0.717) is 30.0 Å². The number of nitrogens with zero attached hydrogens (tertiary/aromatic N) is 2. The van der Waals surface area contributed by atoms with Gasteiger partial charge in [-0.3, -0.25) is 10.1 Å². The maximum atomic E-state index is 12.1. The van der Waals surface area contributed by atoms with E-state index in [1.807, 2.05) is 17.6 Å². The van der Waals surface area contributed by atoms with Crippen molar-refractivity contribution < 1.29 is 19.1 Å². The van der Waals surface area contributed by atoms with Gasteiger partial charge in [0.05, 0.1) is 23.2 Å². The largest absolute Gasteiger partial charge is 0.462 e. The number of hydrogen-bond acceptors (Lipinski definition) is 6. The molecule has 1 saturated carbocycles. The highest BCUT2D eigenvalue weighted by atomic mass is 32.2. The highest BCUT2D eigenvalue weighted by molar-refractivity contribution is 7.99. The Kier molecular flexibility index (Phi) is 7.73. The first-order valence-corrected chi connectivity index (χ1v) is 11.4. The van der Waals surface area contributed by atoms with Crippen LogP contribution < -0.4 is 10.6 Å². The second kappa shape index (κ2) is 10.5. The summed E-state index contributed by atoms with van der Waals surface area (Å²) >= 11 is 1.45. The Morgan fingerprint density at radius 3 is 2.70 bits per heavy atom. The van der Waals surface area contributed by atoms with Crippen LogP contribution in [0.4, 0.5) is 4.79 Å². The summed E-state index contributed by atoms with van der Waals surface area (Å²) < 4.78 is 7.09. The summed E-state index contributed by atoms with van der Waals surface area (Å²) in [7, 11) is 0. The SMILES string of the molecule is CCOC(=O)c1ccc2c(c1)nc(SCCC(=O)NC(=O)NC1CCCC1)n2CC. The van der Waals surface area contributed by atoms with Crippen LogP contribution in [0, 0.1) is 0 Å². The third-order valence-corrected chi connectivity index (χ3v) is 6.02. The molecule has 3 amide bonds. The molecule has 1 aliphatic carbocycles. The molecule has 1 fully saturated rings. The fourth-order valence-electron chi connectivity index (χ4n) is 3.58. The lowest BCUT2D eigenvalue weighted by Gasteiger charge is -2.12. The van der Waals surface area contributed by atoms with Gasteiger partial charge in [-0.25, -0.2) is 14.6 Å². The van der Waals surface area contributed by atoms with Crippen LogP contribution in [0.2, 0.25) is 0 Å². The standard InChI is InChI=1S/C21H28N4O4S/c1-3-25-17-10-9-14(19(27)29-4-2)13-16(17)23-21(25)30-12-11-18(26)24-20(28)22-15-7-5-6-8-15/h9-10,13,15H,3-8,11-12H2,1-2H3,(H2,22,24,26,28). The van der Waals surface area contributed by atoms with Gasteiger partial charge in [0, 0.05) is 24.8 Å². The molecule has 1 aliphatic rings. The van der Waals surface area contributed by atoms with E-state index in [0.717, 1.165) is 36.4 Å². The first kappa shape index (κ1) is 22.1. The van der Waals surface area contributed by atoms with Crippen LogP contribution in [-0.2, 0) is 16.1 Å². The number of carbonyl (C=O) groups excluding carboxylic acids is 3. The molecule has 0 saturated heterocycles. The number of aryl methyl sites for hydroxylation is 1. The van der Waals surface area contributed by atoms with Gasteiger partial charge in [0.1, 0.15) is 0 Å². The van der Waals surface area contributed by atoms with Gasteiger partial charge in [-0.05, 0) is 44.9 Å². The summed E-state index contributed by atoms with van der Waals surface area (Å²) in [6.45, 7) is 4.83. The van der Waals surface area contributed by atoms with Gasteiger partial charge < -0.3 is 14.6 Å². The highest BCUT2D eigenvalue weighted by Gasteiger charge is 2.18. The molecule has 0 unspecified atom stereocenters. The zero-order valence-corrected chi connectivity index (χ0v) is 18.2. The van der Waals surface area contributed by atoms with E-state index in [-0.39, 0.29) is 24.3 Å². The predicted octanol–water partition coefficient (Wildman–Crippen LogP) is 3.48. The Morgan fingerprint density at radius 1 is 1.23 bits per heavy atom. The number of imidazole rings is 1. The molecule has 2 aromatic rings. The maximum absolute atomic E-state index is 12.1. The average molecular weight is 433 g/mol. The van der Waals surface area contributed by atoms with Gasteiger partial charge in [-0.15, -0.1) is 0 Å². The fourth-order valence-corrected chi connectivity index (χ4v) is 4.60. The molecule has 162 valence electrons. The van der Waals surface area contributed by atoms with Crippen LogP contribution in [0.25, 0.3) is 11.0 Å². The molecule has 9 heteroatoms. The number of benzene rings is 1. The number of fused-ring (bicyclic) bond motifs is 1. The Bertz CT molecular complexity index is 921. The summed E-state index contributed by atoms with van der Waals surface area (Å²) in [5.74, 6) is -0.176. The maximum Gasteiger partial charge on any atom is 0.338 e. The Hall–Kier alpha value is -2.55. The summed E-state index contributed by atoms with van der Waals surface area (Å²) in [5.41, 5.74) is 2.10. The fraction of sp³-hybridized carbons (Fsp3) is 0.524. The van der Waals surface area contributed by atoms with Gasteiger partial charge in [-0.1, -0.05) is 24.6 Å². The zero-order valence-electron chi connectivity index (χ0n) is 17.4. The summed E-state index contributed by atoms with van der Waals surface area (Å²) in [5, 5.41) is 6.02. The van der Waals surface area contributed by atoms with E-state index in [4.69, 9.17) is 4.74 Å². The minimum absolute atomic E-state index is 0.177. The van der Waals surface area contributed by atoms with Gasteiger partial charge in [0.25, 0.3) is 0 Å². The first-order chi connectivity index (χ1) is 14.5. The molecule has 0 radical (unpaired) electrons. The lowest BCUT2D eigenvalue weighted by Crippen LogP contribution is -2.43. The van der Waals surface area contributed by atoms with Crippen LogP contribution in [-0.4, -0.2) is 45.9 Å². The molecule has 1 aromatic heterocycles. The first-order valence-electron chi connectivity index (χ1n) is 10.4. The van der Waals surface area contributed by atoms with E-state index >= 15 is 0 Å². The quantitative estimate of drug-likeness (QED) is 0.489. The van der Waals surface area contributed by atoms with E-state index < -0.39 is 6.03 Å². The Labute approximate surface area is 180 Å². The van der Waals surface area contributed by atoms with Crippen molar-refractivity contribution in [1.82, 2.24) is 20.2 Å². The molecule has 0 atom stereocenters. The molecule has 1 aromatic carbocycles. The van der Waals surface area contributed by atoms with Crippen LogP contribution >= 0.6 is 11.8 Å². The van der Waals surface area contributed by atoms with Gasteiger partial charge in [0.2, 0.25) is 5.91 Å². The van der Waals surface area contributed by atoms with E-state index in [2.05, 4.69) is 15.6 Å². The van der Waals surface area contributed by atoms with Crippen molar-refractivity contribution >= 4 is 40.7 Å².